The van der Waals surface area contributed by atoms with Crippen molar-refractivity contribution in [3.63, 3.8) is 0 Å². The first kappa shape index (κ1) is 15.7. The van der Waals surface area contributed by atoms with Crippen molar-refractivity contribution in [3.05, 3.63) is 0 Å². The zero-order chi connectivity index (χ0) is 14.9. The molecule has 116 valence electrons. The maximum absolute atomic E-state index is 12.7. The van der Waals surface area contributed by atoms with Crippen LogP contribution in [0.2, 0.25) is 0 Å². The van der Waals surface area contributed by atoms with Gasteiger partial charge in [-0.1, -0.05) is 6.92 Å². The Morgan fingerprint density at radius 2 is 2.10 bits per heavy atom. The molecule has 5 nitrogen and oxygen atoms in total. The van der Waals surface area contributed by atoms with E-state index in [4.69, 9.17) is 10.5 Å². The second kappa shape index (κ2) is 6.00. The van der Waals surface area contributed by atoms with Crippen molar-refractivity contribution in [1.29, 1.82) is 0 Å². The van der Waals surface area contributed by atoms with Crippen LogP contribution in [0.25, 0.3) is 0 Å². The van der Waals surface area contributed by atoms with Crippen molar-refractivity contribution in [1.82, 2.24) is 4.90 Å². The number of nitrogens with two attached hydrogens (primary N) is 1. The van der Waals surface area contributed by atoms with Crippen LogP contribution in [0.5, 0.6) is 0 Å². The number of amides is 1. The molecule has 1 saturated carbocycles. The first-order valence-electron chi connectivity index (χ1n) is 7.64. The number of aliphatic hydroxyl groups excluding tert-OH is 1. The third kappa shape index (κ3) is 3.71. The van der Waals surface area contributed by atoms with E-state index in [2.05, 4.69) is 6.92 Å². The Labute approximate surface area is 121 Å². The largest absolute Gasteiger partial charge is 0.394 e. The predicted molar refractivity (Wildman–Crippen MR) is 77.1 cm³/mol. The fourth-order valence-corrected chi connectivity index (χ4v) is 3.68. The van der Waals surface area contributed by atoms with Gasteiger partial charge in [-0.15, -0.1) is 0 Å². The normalized spacial score (nSPS) is 37.8. The lowest BCUT2D eigenvalue weighted by Gasteiger charge is -2.44. The molecule has 5 heteroatoms. The highest BCUT2D eigenvalue weighted by molar-refractivity contribution is 5.79. The average Bonchev–Trinajstić information content (AvgIpc) is 2.34. The zero-order valence-electron chi connectivity index (χ0n) is 12.8. The minimum Gasteiger partial charge on any atom is -0.394 e. The molecule has 0 aromatic carbocycles. The highest BCUT2D eigenvalue weighted by Gasteiger charge is 2.39. The third-order valence-electron chi connectivity index (χ3n) is 4.33. The Morgan fingerprint density at radius 1 is 1.40 bits per heavy atom. The Hall–Kier alpha value is -0.650. The van der Waals surface area contributed by atoms with Crippen molar-refractivity contribution in [3.8, 4) is 0 Å². The van der Waals surface area contributed by atoms with E-state index in [1.807, 2.05) is 18.7 Å². The van der Waals surface area contributed by atoms with Crippen LogP contribution in [0.3, 0.4) is 0 Å². The van der Waals surface area contributed by atoms with E-state index in [9.17, 15) is 9.90 Å². The van der Waals surface area contributed by atoms with Crippen molar-refractivity contribution in [2.45, 2.75) is 57.8 Å². The van der Waals surface area contributed by atoms with E-state index in [-0.39, 0.29) is 30.6 Å². The molecule has 0 spiro atoms. The quantitative estimate of drug-likeness (QED) is 0.784. The van der Waals surface area contributed by atoms with Gasteiger partial charge >= 0.3 is 0 Å². The molecule has 2 fully saturated rings. The second-order valence-electron chi connectivity index (χ2n) is 7.17. The van der Waals surface area contributed by atoms with Gasteiger partial charge in [-0.3, -0.25) is 4.79 Å². The summed E-state index contributed by atoms with van der Waals surface area (Å²) in [4.78, 5) is 14.6. The minimum absolute atomic E-state index is 0.0296. The Morgan fingerprint density at radius 3 is 2.70 bits per heavy atom. The Bertz CT molecular complexity index is 349. The maximum atomic E-state index is 12.7. The number of aliphatic hydroxyl groups is 1. The van der Waals surface area contributed by atoms with Crippen LogP contribution >= 0.6 is 0 Å². The first-order valence-corrected chi connectivity index (χ1v) is 7.64. The van der Waals surface area contributed by atoms with Crippen molar-refractivity contribution in [2.24, 2.45) is 17.6 Å². The number of rotatable bonds is 2. The van der Waals surface area contributed by atoms with Crippen LogP contribution in [0.1, 0.15) is 40.0 Å². The van der Waals surface area contributed by atoms with Crippen LogP contribution in [0.15, 0.2) is 0 Å². The lowest BCUT2D eigenvalue weighted by atomic mass is 9.79. The second-order valence-corrected chi connectivity index (χ2v) is 7.17. The summed E-state index contributed by atoms with van der Waals surface area (Å²) in [5.74, 6) is 0.721. The molecule has 0 aromatic heterocycles. The number of hydrogen-bond donors (Lipinski definition) is 2. The van der Waals surface area contributed by atoms with E-state index in [1.165, 1.54) is 0 Å². The monoisotopic (exact) mass is 284 g/mol. The molecule has 1 aliphatic heterocycles. The van der Waals surface area contributed by atoms with Crippen LogP contribution in [-0.2, 0) is 9.53 Å². The first-order chi connectivity index (χ1) is 9.30. The molecule has 3 N–H and O–H groups in total. The fraction of sp³-hybridized carbons (Fsp3) is 0.933. The number of morpholine rings is 1. The molecule has 1 heterocycles. The SMILES string of the molecule is CC1CC(N)CC(C(=O)N2CC(CO)OC(C)(C)C2)C1. The van der Waals surface area contributed by atoms with Crippen LogP contribution in [-0.4, -0.2) is 53.4 Å². The maximum Gasteiger partial charge on any atom is 0.225 e. The topological polar surface area (TPSA) is 75.8 Å². The molecular weight excluding hydrogens is 256 g/mol. The van der Waals surface area contributed by atoms with E-state index in [0.717, 1.165) is 19.3 Å². The molecule has 4 atom stereocenters. The van der Waals surface area contributed by atoms with E-state index in [1.54, 1.807) is 0 Å². The number of hydrogen-bond acceptors (Lipinski definition) is 4. The predicted octanol–water partition coefficient (Wildman–Crippen LogP) is 0.748. The van der Waals surface area contributed by atoms with E-state index < -0.39 is 5.60 Å². The molecule has 0 radical (unpaired) electrons. The Balaban J connectivity index is 2.04. The molecule has 4 unspecified atom stereocenters. The smallest absolute Gasteiger partial charge is 0.225 e. The summed E-state index contributed by atoms with van der Waals surface area (Å²) in [6, 6.07) is 0.135. The molecule has 1 saturated heterocycles. The third-order valence-corrected chi connectivity index (χ3v) is 4.33. The summed E-state index contributed by atoms with van der Waals surface area (Å²) >= 11 is 0. The highest BCUT2D eigenvalue weighted by Crippen LogP contribution is 2.31. The van der Waals surface area contributed by atoms with Gasteiger partial charge in [0, 0.05) is 25.0 Å². The summed E-state index contributed by atoms with van der Waals surface area (Å²) in [7, 11) is 0. The average molecular weight is 284 g/mol. The molecule has 20 heavy (non-hydrogen) atoms. The van der Waals surface area contributed by atoms with Crippen LogP contribution < -0.4 is 5.73 Å². The fourth-order valence-electron chi connectivity index (χ4n) is 3.68. The number of carbonyl (C=O) groups excluding carboxylic acids is 1. The van der Waals surface area contributed by atoms with Gasteiger partial charge in [-0.05, 0) is 39.0 Å². The standard InChI is InChI=1S/C15H28N2O3/c1-10-4-11(6-12(16)5-10)14(19)17-7-13(8-18)20-15(2,3)9-17/h10-13,18H,4-9,16H2,1-3H3. The summed E-state index contributed by atoms with van der Waals surface area (Å²) in [5.41, 5.74) is 5.66. The minimum atomic E-state index is -0.399. The number of ether oxygens (including phenoxy) is 1. The van der Waals surface area contributed by atoms with Gasteiger partial charge in [0.25, 0.3) is 0 Å². The summed E-state index contributed by atoms with van der Waals surface area (Å²) in [6.45, 7) is 7.11. The van der Waals surface area contributed by atoms with Crippen LogP contribution in [0.4, 0.5) is 0 Å². The lowest BCUT2D eigenvalue weighted by molar-refractivity contribution is -0.171. The van der Waals surface area contributed by atoms with Gasteiger partial charge in [-0.2, -0.15) is 0 Å². The zero-order valence-corrected chi connectivity index (χ0v) is 12.8. The summed E-state index contributed by atoms with van der Waals surface area (Å²) in [5, 5.41) is 9.33. The molecule has 1 aliphatic carbocycles. The van der Waals surface area contributed by atoms with Gasteiger partial charge in [0.2, 0.25) is 5.91 Å². The van der Waals surface area contributed by atoms with Gasteiger partial charge in [0.1, 0.15) is 0 Å². The highest BCUT2D eigenvalue weighted by atomic mass is 16.5. The molecule has 0 bridgehead atoms. The van der Waals surface area contributed by atoms with E-state index >= 15 is 0 Å². The summed E-state index contributed by atoms with van der Waals surface area (Å²) in [6.07, 6.45) is 2.44. The lowest BCUT2D eigenvalue weighted by Crippen LogP contribution is -2.57. The van der Waals surface area contributed by atoms with Crippen molar-refractivity contribution >= 4 is 5.91 Å². The number of nitrogens with zero attached hydrogens (tertiary/aromatic N) is 1. The van der Waals surface area contributed by atoms with Gasteiger partial charge in [0.15, 0.2) is 0 Å². The number of carbonyl (C=O) groups is 1. The molecule has 2 aliphatic rings. The molecule has 2 rings (SSSR count). The van der Waals surface area contributed by atoms with Gasteiger partial charge in [-0.25, -0.2) is 0 Å². The molecule has 1 amide bonds. The van der Waals surface area contributed by atoms with Crippen molar-refractivity contribution < 1.29 is 14.6 Å². The van der Waals surface area contributed by atoms with Crippen molar-refractivity contribution in [2.75, 3.05) is 19.7 Å². The van der Waals surface area contributed by atoms with E-state index in [0.29, 0.717) is 19.0 Å². The van der Waals surface area contributed by atoms with Crippen LogP contribution in [0, 0.1) is 11.8 Å². The van der Waals surface area contributed by atoms with Gasteiger partial charge < -0.3 is 20.5 Å². The summed E-state index contributed by atoms with van der Waals surface area (Å²) < 4.78 is 5.76. The Kier molecular flexibility index (Phi) is 4.72. The molecule has 0 aromatic rings. The van der Waals surface area contributed by atoms with Gasteiger partial charge in [0.05, 0.1) is 18.3 Å². The molecular formula is C15H28N2O3.